The third kappa shape index (κ3) is 5.09. The zero-order chi connectivity index (χ0) is 15.9. The number of unbranched alkanes of at least 4 members (excludes halogenated alkanes) is 2. The smallest absolute Gasteiger partial charge is 0.243 e. The second-order valence-electron chi connectivity index (χ2n) is 5.41. The lowest BCUT2D eigenvalue weighted by Crippen LogP contribution is -2.28. The minimum Gasteiger partial charge on any atom is -0.313 e. The number of sulfonamides is 1. The van der Waals surface area contributed by atoms with Crippen LogP contribution < -0.4 is 5.32 Å². The number of nitrogens with zero attached hydrogens (tertiary/aromatic N) is 1. The lowest BCUT2D eigenvalue weighted by molar-refractivity contribution is 0.454. The Kier molecular flexibility index (Phi) is 7.35. The monoisotopic (exact) mass is 312 g/mol. The van der Waals surface area contributed by atoms with E-state index in [2.05, 4.69) is 12.2 Å². The molecular formula is C16H28N2O2S. The van der Waals surface area contributed by atoms with Crippen molar-refractivity contribution in [1.82, 2.24) is 9.62 Å². The molecule has 0 aliphatic heterocycles. The summed E-state index contributed by atoms with van der Waals surface area (Å²) in [6.07, 6.45) is 3.05. The molecular weight excluding hydrogens is 284 g/mol. The van der Waals surface area contributed by atoms with E-state index in [1.165, 1.54) is 4.31 Å². The van der Waals surface area contributed by atoms with E-state index in [1.54, 1.807) is 13.1 Å². The largest absolute Gasteiger partial charge is 0.313 e. The van der Waals surface area contributed by atoms with E-state index in [1.807, 2.05) is 26.0 Å². The van der Waals surface area contributed by atoms with Crippen LogP contribution >= 0.6 is 0 Å². The minimum absolute atomic E-state index is 0.428. The van der Waals surface area contributed by atoms with Gasteiger partial charge in [0.15, 0.2) is 0 Å². The molecule has 0 unspecified atom stereocenters. The van der Waals surface area contributed by atoms with Gasteiger partial charge < -0.3 is 5.32 Å². The van der Waals surface area contributed by atoms with Crippen LogP contribution in [0.3, 0.4) is 0 Å². The van der Waals surface area contributed by atoms with Crippen molar-refractivity contribution in [1.29, 1.82) is 0 Å². The zero-order valence-electron chi connectivity index (χ0n) is 13.6. The molecule has 1 N–H and O–H groups in total. The molecule has 0 saturated carbocycles. The summed E-state index contributed by atoms with van der Waals surface area (Å²) in [5, 5.41) is 3.23. The van der Waals surface area contributed by atoms with Gasteiger partial charge in [0.2, 0.25) is 10.0 Å². The number of hydrogen-bond donors (Lipinski definition) is 1. The number of hydrogen-bond acceptors (Lipinski definition) is 3. The molecule has 0 heterocycles. The van der Waals surface area contributed by atoms with Gasteiger partial charge in [-0.1, -0.05) is 38.8 Å². The Balaban J connectivity index is 2.95. The molecule has 1 rings (SSSR count). The van der Waals surface area contributed by atoms with Gasteiger partial charge in [0.05, 0.1) is 4.90 Å². The molecule has 0 fully saturated rings. The first kappa shape index (κ1) is 18.1. The first-order valence-electron chi connectivity index (χ1n) is 7.70. The average molecular weight is 312 g/mol. The first-order chi connectivity index (χ1) is 9.93. The van der Waals surface area contributed by atoms with Gasteiger partial charge in [0, 0.05) is 20.1 Å². The fraction of sp³-hybridized carbons (Fsp3) is 0.625. The molecule has 4 nitrogen and oxygen atoms in total. The van der Waals surface area contributed by atoms with Crippen molar-refractivity contribution in [3.05, 3.63) is 29.3 Å². The van der Waals surface area contributed by atoms with Gasteiger partial charge in [-0.15, -0.1) is 0 Å². The first-order valence-corrected chi connectivity index (χ1v) is 9.14. The summed E-state index contributed by atoms with van der Waals surface area (Å²) in [5.74, 6) is 0. The molecule has 1 aromatic rings. The highest BCUT2D eigenvalue weighted by Crippen LogP contribution is 2.21. The zero-order valence-corrected chi connectivity index (χ0v) is 14.5. The van der Waals surface area contributed by atoms with E-state index in [0.717, 1.165) is 36.9 Å². The van der Waals surface area contributed by atoms with Crippen LogP contribution in [0.5, 0.6) is 0 Å². The highest BCUT2D eigenvalue weighted by molar-refractivity contribution is 7.89. The van der Waals surface area contributed by atoms with Crippen LogP contribution in [-0.2, 0) is 16.6 Å². The Morgan fingerprint density at radius 1 is 1.19 bits per heavy atom. The molecule has 0 spiro atoms. The van der Waals surface area contributed by atoms with Crippen LogP contribution in [-0.4, -0.2) is 32.9 Å². The lowest BCUT2D eigenvalue weighted by Gasteiger charge is -2.19. The summed E-state index contributed by atoms with van der Waals surface area (Å²) in [7, 11) is -1.72. The SMILES string of the molecule is CCCCCN(C)S(=O)(=O)c1cc(CNCC)ccc1C. The molecule has 0 bridgehead atoms. The number of rotatable bonds is 9. The van der Waals surface area contributed by atoms with Gasteiger partial charge in [-0.3, -0.25) is 0 Å². The lowest BCUT2D eigenvalue weighted by atomic mass is 10.1. The maximum Gasteiger partial charge on any atom is 0.243 e. The highest BCUT2D eigenvalue weighted by atomic mass is 32.2. The second kappa shape index (κ2) is 8.51. The molecule has 0 aromatic heterocycles. The van der Waals surface area contributed by atoms with E-state index in [4.69, 9.17) is 0 Å². The third-order valence-corrected chi connectivity index (χ3v) is 5.60. The summed E-state index contributed by atoms with van der Waals surface area (Å²) >= 11 is 0. The summed E-state index contributed by atoms with van der Waals surface area (Å²) in [6.45, 7) is 8.14. The van der Waals surface area contributed by atoms with Crippen molar-refractivity contribution in [2.75, 3.05) is 20.1 Å². The van der Waals surface area contributed by atoms with Crippen LogP contribution in [0.4, 0.5) is 0 Å². The van der Waals surface area contributed by atoms with Gasteiger partial charge in [-0.25, -0.2) is 12.7 Å². The van der Waals surface area contributed by atoms with E-state index in [9.17, 15) is 8.42 Å². The maximum atomic E-state index is 12.7. The Hall–Kier alpha value is -0.910. The Bertz CT molecular complexity index is 541. The van der Waals surface area contributed by atoms with Crippen LogP contribution in [0.15, 0.2) is 23.1 Å². The molecule has 0 atom stereocenters. The molecule has 0 aliphatic rings. The standard InChI is InChI=1S/C16H28N2O2S/c1-5-7-8-11-18(4)21(19,20)16-12-15(13-17-6-2)10-9-14(16)3/h9-10,12,17H,5-8,11,13H2,1-4H3. The molecule has 21 heavy (non-hydrogen) atoms. The van der Waals surface area contributed by atoms with Gasteiger partial charge in [0.25, 0.3) is 0 Å². The molecule has 5 heteroatoms. The van der Waals surface area contributed by atoms with Gasteiger partial charge in [0.1, 0.15) is 0 Å². The van der Waals surface area contributed by atoms with E-state index in [-0.39, 0.29) is 0 Å². The van der Waals surface area contributed by atoms with Crippen molar-refractivity contribution in [2.45, 2.75) is 51.5 Å². The minimum atomic E-state index is -3.39. The second-order valence-corrected chi connectivity index (χ2v) is 7.43. The highest BCUT2D eigenvalue weighted by Gasteiger charge is 2.22. The van der Waals surface area contributed by atoms with Crippen molar-refractivity contribution < 1.29 is 8.42 Å². The molecule has 120 valence electrons. The van der Waals surface area contributed by atoms with E-state index in [0.29, 0.717) is 18.0 Å². The average Bonchev–Trinajstić information content (AvgIpc) is 2.46. The summed E-state index contributed by atoms with van der Waals surface area (Å²) in [6, 6.07) is 5.66. The van der Waals surface area contributed by atoms with Crippen molar-refractivity contribution in [3.8, 4) is 0 Å². The van der Waals surface area contributed by atoms with E-state index < -0.39 is 10.0 Å². The topological polar surface area (TPSA) is 49.4 Å². The summed E-state index contributed by atoms with van der Waals surface area (Å²) < 4.78 is 26.8. The van der Waals surface area contributed by atoms with Crippen molar-refractivity contribution in [3.63, 3.8) is 0 Å². The third-order valence-electron chi connectivity index (χ3n) is 3.60. The molecule has 0 saturated heterocycles. The van der Waals surface area contributed by atoms with Crippen molar-refractivity contribution >= 4 is 10.0 Å². The van der Waals surface area contributed by atoms with E-state index >= 15 is 0 Å². The van der Waals surface area contributed by atoms with Gasteiger partial charge in [-0.05, 0) is 37.1 Å². The molecule has 0 radical (unpaired) electrons. The van der Waals surface area contributed by atoms with Crippen LogP contribution in [0.1, 0.15) is 44.2 Å². The molecule has 1 aromatic carbocycles. The fourth-order valence-electron chi connectivity index (χ4n) is 2.17. The summed E-state index contributed by atoms with van der Waals surface area (Å²) in [4.78, 5) is 0.428. The molecule has 0 aliphatic carbocycles. The normalized spacial score (nSPS) is 12.0. The molecule has 0 amide bonds. The number of nitrogens with one attached hydrogen (secondary N) is 1. The van der Waals surface area contributed by atoms with Crippen LogP contribution in [0.25, 0.3) is 0 Å². The van der Waals surface area contributed by atoms with Crippen LogP contribution in [0, 0.1) is 6.92 Å². The predicted molar refractivity (Wildman–Crippen MR) is 87.9 cm³/mol. The van der Waals surface area contributed by atoms with Crippen molar-refractivity contribution in [2.24, 2.45) is 0 Å². The number of aryl methyl sites for hydroxylation is 1. The maximum absolute atomic E-state index is 12.7. The summed E-state index contributed by atoms with van der Waals surface area (Å²) in [5.41, 5.74) is 1.81. The fourth-order valence-corrected chi connectivity index (χ4v) is 3.65. The van der Waals surface area contributed by atoms with Crippen LogP contribution in [0.2, 0.25) is 0 Å². The number of benzene rings is 1. The Morgan fingerprint density at radius 2 is 1.90 bits per heavy atom. The van der Waals surface area contributed by atoms with Gasteiger partial charge >= 0.3 is 0 Å². The quantitative estimate of drug-likeness (QED) is 0.713. The predicted octanol–water partition coefficient (Wildman–Crippen LogP) is 2.92. The Morgan fingerprint density at radius 3 is 2.52 bits per heavy atom. The Labute approximate surface area is 129 Å². The van der Waals surface area contributed by atoms with Gasteiger partial charge in [-0.2, -0.15) is 0 Å².